The third kappa shape index (κ3) is 4.59. The molecule has 1 aliphatic heterocycles. The summed E-state index contributed by atoms with van der Waals surface area (Å²) >= 11 is 1.26. The lowest BCUT2D eigenvalue weighted by molar-refractivity contribution is 0.174. The van der Waals surface area contributed by atoms with Gasteiger partial charge in [0.15, 0.2) is 16.7 Å². The van der Waals surface area contributed by atoms with Crippen molar-refractivity contribution in [3.8, 4) is 23.1 Å². The average molecular weight is 416 g/mol. The molecule has 0 unspecified atom stereocenters. The van der Waals surface area contributed by atoms with E-state index in [9.17, 15) is 8.78 Å². The summed E-state index contributed by atoms with van der Waals surface area (Å²) in [4.78, 5) is 8.95. The molecule has 0 bridgehead atoms. The lowest BCUT2D eigenvalue weighted by Crippen LogP contribution is -2.00. The molecule has 0 atom stereocenters. The highest BCUT2D eigenvalue weighted by molar-refractivity contribution is 7.98. The van der Waals surface area contributed by atoms with Gasteiger partial charge in [-0.3, -0.25) is 0 Å². The number of hydrogen-bond donors (Lipinski definition) is 0. The Kier molecular flexibility index (Phi) is 5.53. The molecule has 2 heterocycles. The molecular weight excluding hydrogens is 398 g/mol. The van der Waals surface area contributed by atoms with Crippen LogP contribution in [0.5, 0.6) is 23.1 Å². The Labute approximate surface area is 171 Å². The number of fused-ring (bicyclic) bond motifs is 1. The third-order valence-electron chi connectivity index (χ3n) is 4.23. The van der Waals surface area contributed by atoms with Gasteiger partial charge in [0.25, 0.3) is 0 Å². The van der Waals surface area contributed by atoms with Crippen molar-refractivity contribution in [1.82, 2.24) is 9.97 Å². The van der Waals surface area contributed by atoms with E-state index in [4.69, 9.17) is 14.2 Å². The standard InChI is InChI=1S/C21H18F2N2O3S/c1-12(2)17-9-20(28-15-5-6-18-19(8-15)27-11-26-18)25-21(24-17)29-10-13-3-4-14(22)7-16(13)23/h3-9,12H,10-11H2,1-2H3. The maximum Gasteiger partial charge on any atom is 0.231 e. The van der Waals surface area contributed by atoms with Crippen LogP contribution in [0.3, 0.4) is 0 Å². The number of ether oxygens (including phenoxy) is 3. The monoisotopic (exact) mass is 416 g/mol. The van der Waals surface area contributed by atoms with Gasteiger partial charge in [0, 0.05) is 24.0 Å². The van der Waals surface area contributed by atoms with Gasteiger partial charge in [-0.25, -0.2) is 13.8 Å². The van der Waals surface area contributed by atoms with E-state index in [2.05, 4.69) is 9.97 Å². The van der Waals surface area contributed by atoms with Gasteiger partial charge in [-0.1, -0.05) is 31.7 Å². The van der Waals surface area contributed by atoms with Crippen LogP contribution in [-0.2, 0) is 5.75 Å². The summed E-state index contributed by atoms with van der Waals surface area (Å²) < 4.78 is 43.6. The minimum Gasteiger partial charge on any atom is -0.454 e. The topological polar surface area (TPSA) is 53.5 Å². The van der Waals surface area contributed by atoms with Gasteiger partial charge in [-0.05, 0) is 29.7 Å². The summed E-state index contributed by atoms with van der Waals surface area (Å²) in [6.07, 6.45) is 0. The molecule has 29 heavy (non-hydrogen) atoms. The van der Waals surface area contributed by atoms with Gasteiger partial charge >= 0.3 is 0 Å². The van der Waals surface area contributed by atoms with E-state index < -0.39 is 11.6 Å². The number of halogens is 2. The van der Waals surface area contributed by atoms with Crippen LogP contribution in [0, 0.1) is 11.6 Å². The molecule has 0 saturated heterocycles. The molecule has 3 aromatic rings. The second-order valence-electron chi connectivity index (χ2n) is 6.71. The summed E-state index contributed by atoms with van der Waals surface area (Å²) in [6, 6.07) is 10.6. The quantitative estimate of drug-likeness (QED) is 0.380. The first-order chi connectivity index (χ1) is 14.0. The zero-order valence-corrected chi connectivity index (χ0v) is 16.6. The molecule has 0 spiro atoms. The number of hydrogen-bond acceptors (Lipinski definition) is 6. The van der Waals surface area contributed by atoms with Crippen LogP contribution < -0.4 is 14.2 Å². The molecule has 0 fully saturated rings. The highest BCUT2D eigenvalue weighted by atomic mass is 32.2. The summed E-state index contributed by atoms with van der Waals surface area (Å²) in [6.45, 7) is 4.21. The number of thioether (sulfide) groups is 1. The molecule has 0 N–H and O–H groups in total. The van der Waals surface area contributed by atoms with Crippen LogP contribution in [0.2, 0.25) is 0 Å². The Morgan fingerprint density at radius 1 is 1.03 bits per heavy atom. The van der Waals surface area contributed by atoms with Crippen molar-refractivity contribution in [2.45, 2.75) is 30.7 Å². The van der Waals surface area contributed by atoms with Crippen LogP contribution in [0.25, 0.3) is 0 Å². The Morgan fingerprint density at radius 2 is 1.86 bits per heavy atom. The van der Waals surface area contributed by atoms with Gasteiger partial charge in [0.05, 0.1) is 5.69 Å². The molecule has 5 nitrogen and oxygen atoms in total. The average Bonchev–Trinajstić information content (AvgIpc) is 3.15. The van der Waals surface area contributed by atoms with E-state index in [1.54, 1.807) is 24.3 Å². The molecule has 1 aliphatic rings. The fourth-order valence-corrected chi connectivity index (χ4v) is 3.52. The summed E-state index contributed by atoms with van der Waals surface area (Å²) in [5.41, 5.74) is 1.19. The summed E-state index contributed by atoms with van der Waals surface area (Å²) in [5.74, 6) is 1.45. The third-order valence-corrected chi connectivity index (χ3v) is 5.13. The highest BCUT2D eigenvalue weighted by Gasteiger charge is 2.16. The first kappa shape index (κ1) is 19.4. The van der Waals surface area contributed by atoms with E-state index in [0.717, 1.165) is 11.8 Å². The normalized spacial score (nSPS) is 12.4. The molecule has 4 rings (SSSR count). The van der Waals surface area contributed by atoms with Crippen LogP contribution in [0.15, 0.2) is 47.6 Å². The van der Waals surface area contributed by atoms with E-state index in [1.807, 2.05) is 13.8 Å². The number of nitrogens with zero attached hydrogens (tertiary/aromatic N) is 2. The van der Waals surface area contributed by atoms with E-state index in [-0.39, 0.29) is 18.5 Å². The lowest BCUT2D eigenvalue weighted by atomic mass is 10.1. The zero-order valence-electron chi connectivity index (χ0n) is 15.8. The minimum absolute atomic E-state index is 0.152. The first-order valence-corrected chi connectivity index (χ1v) is 9.99. The molecule has 1 aromatic heterocycles. The predicted molar refractivity (Wildman–Crippen MR) is 105 cm³/mol. The maximum absolute atomic E-state index is 13.9. The first-order valence-electron chi connectivity index (χ1n) is 9.01. The van der Waals surface area contributed by atoms with Crippen molar-refractivity contribution in [1.29, 1.82) is 0 Å². The fraction of sp³-hybridized carbons (Fsp3) is 0.238. The maximum atomic E-state index is 13.9. The van der Waals surface area contributed by atoms with Crippen molar-refractivity contribution in [3.05, 3.63) is 65.4 Å². The minimum atomic E-state index is -0.603. The molecule has 0 saturated carbocycles. The van der Waals surface area contributed by atoms with Crippen LogP contribution in [0.4, 0.5) is 8.78 Å². The van der Waals surface area contributed by atoms with E-state index in [1.165, 1.54) is 23.9 Å². The highest BCUT2D eigenvalue weighted by Crippen LogP contribution is 2.37. The number of aromatic nitrogens is 2. The molecule has 0 aliphatic carbocycles. The Hall–Kier alpha value is -2.87. The van der Waals surface area contributed by atoms with E-state index in [0.29, 0.717) is 33.8 Å². The molecule has 2 aromatic carbocycles. The van der Waals surface area contributed by atoms with E-state index >= 15 is 0 Å². The smallest absolute Gasteiger partial charge is 0.231 e. The van der Waals surface area contributed by atoms with Crippen LogP contribution in [-0.4, -0.2) is 16.8 Å². The largest absolute Gasteiger partial charge is 0.454 e. The summed E-state index contributed by atoms with van der Waals surface area (Å²) in [5, 5.41) is 0.454. The predicted octanol–water partition coefficient (Wildman–Crippen LogP) is 5.69. The Bertz CT molecular complexity index is 1050. The number of rotatable bonds is 6. The van der Waals surface area contributed by atoms with Crippen molar-refractivity contribution in [3.63, 3.8) is 0 Å². The Balaban J connectivity index is 1.55. The molecular formula is C21H18F2N2O3S. The summed E-state index contributed by atoms with van der Waals surface area (Å²) in [7, 11) is 0. The SMILES string of the molecule is CC(C)c1cc(Oc2ccc3c(c2)OCO3)nc(SCc2ccc(F)cc2F)n1. The second kappa shape index (κ2) is 8.24. The molecule has 0 radical (unpaired) electrons. The van der Waals surface area contributed by atoms with Gasteiger partial charge in [-0.15, -0.1) is 0 Å². The Morgan fingerprint density at radius 3 is 2.66 bits per heavy atom. The van der Waals surface area contributed by atoms with Crippen LogP contribution in [0.1, 0.15) is 31.0 Å². The number of benzene rings is 2. The van der Waals surface area contributed by atoms with Crippen molar-refractivity contribution >= 4 is 11.8 Å². The van der Waals surface area contributed by atoms with Crippen molar-refractivity contribution in [2.24, 2.45) is 0 Å². The molecule has 150 valence electrons. The lowest BCUT2D eigenvalue weighted by Gasteiger charge is -2.11. The molecule has 0 amide bonds. The van der Waals surface area contributed by atoms with Crippen LogP contribution >= 0.6 is 11.8 Å². The van der Waals surface area contributed by atoms with Gasteiger partial charge in [0.2, 0.25) is 12.7 Å². The van der Waals surface area contributed by atoms with Crippen molar-refractivity contribution < 1.29 is 23.0 Å². The molecule has 8 heteroatoms. The second-order valence-corrected chi connectivity index (χ2v) is 7.65. The van der Waals surface area contributed by atoms with Gasteiger partial charge < -0.3 is 14.2 Å². The zero-order chi connectivity index (χ0) is 20.4. The van der Waals surface area contributed by atoms with Gasteiger partial charge in [-0.2, -0.15) is 4.98 Å². The van der Waals surface area contributed by atoms with Crippen molar-refractivity contribution in [2.75, 3.05) is 6.79 Å². The fourth-order valence-electron chi connectivity index (χ4n) is 2.68. The van der Waals surface area contributed by atoms with Gasteiger partial charge in [0.1, 0.15) is 17.4 Å².